The van der Waals surface area contributed by atoms with Crippen molar-refractivity contribution < 1.29 is 18.1 Å². The number of nitrogens with one attached hydrogen (secondary N) is 1. The number of carbonyl (C=O) groups excluding carboxylic acids is 1. The molecule has 1 amide bonds. The van der Waals surface area contributed by atoms with Crippen LogP contribution in [0.3, 0.4) is 0 Å². The Balaban J connectivity index is 2.16. The summed E-state index contributed by atoms with van der Waals surface area (Å²) in [6, 6.07) is 12.9. The van der Waals surface area contributed by atoms with E-state index in [0.29, 0.717) is 5.71 Å². The second-order valence-corrected chi connectivity index (χ2v) is 10.0. The number of rotatable bonds is 7. The third-order valence-electron chi connectivity index (χ3n) is 4.53. The molecule has 0 unspecified atom stereocenters. The number of non-ortho nitro benzene ring substituents is 1. The molecule has 9 nitrogen and oxygen atoms in total. The van der Waals surface area contributed by atoms with Gasteiger partial charge in [-0.1, -0.05) is 51.1 Å². The molecule has 0 atom stereocenters. The van der Waals surface area contributed by atoms with E-state index >= 15 is 0 Å². The molecule has 0 aliphatic heterocycles. The lowest BCUT2D eigenvalue weighted by Gasteiger charge is -2.21. The molecule has 0 saturated carbocycles. The van der Waals surface area contributed by atoms with Crippen molar-refractivity contribution in [3.05, 3.63) is 69.8 Å². The number of hydrogen-bond donors (Lipinski definition) is 1. The average Bonchev–Trinajstić information content (AvgIpc) is 2.68. The number of nitro benzene ring substituents is 1. The highest BCUT2D eigenvalue weighted by atomic mass is 32.2. The Labute approximate surface area is 182 Å². The van der Waals surface area contributed by atoms with Crippen LogP contribution >= 0.6 is 0 Å². The van der Waals surface area contributed by atoms with E-state index in [2.05, 4.69) is 31.3 Å². The van der Waals surface area contributed by atoms with Gasteiger partial charge in [0.25, 0.3) is 11.6 Å². The Morgan fingerprint density at radius 3 is 2.29 bits per heavy atom. The minimum atomic E-state index is -3.86. The highest BCUT2D eigenvalue weighted by Gasteiger charge is 2.22. The van der Waals surface area contributed by atoms with E-state index in [0.717, 1.165) is 27.8 Å². The van der Waals surface area contributed by atoms with Crippen molar-refractivity contribution in [3.8, 4) is 0 Å². The van der Waals surface area contributed by atoms with Gasteiger partial charge in [0.1, 0.15) is 6.54 Å². The quantitative estimate of drug-likeness (QED) is 0.398. The van der Waals surface area contributed by atoms with E-state index in [1.54, 1.807) is 6.92 Å². The van der Waals surface area contributed by atoms with Crippen LogP contribution in [0.5, 0.6) is 0 Å². The predicted octanol–water partition coefficient (Wildman–Crippen LogP) is 3.20. The number of nitro groups is 1. The zero-order valence-corrected chi connectivity index (χ0v) is 18.9. The fourth-order valence-electron chi connectivity index (χ4n) is 2.75. The van der Waals surface area contributed by atoms with Gasteiger partial charge in [0, 0.05) is 12.1 Å². The number of sulfonamides is 1. The molecule has 0 heterocycles. The molecule has 0 fully saturated rings. The van der Waals surface area contributed by atoms with E-state index in [9.17, 15) is 23.3 Å². The molecule has 0 radical (unpaired) electrons. The maximum atomic E-state index is 12.4. The lowest BCUT2D eigenvalue weighted by molar-refractivity contribution is -0.384. The van der Waals surface area contributed by atoms with Gasteiger partial charge < -0.3 is 0 Å². The normalized spacial score (nSPS) is 12.4. The van der Waals surface area contributed by atoms with E-state index in [-0.39, 0.29) is 16.8 Å². The summed E-state index contributed by atoms with van der Waals surface area (Å²) in [5.74, 6) is -0.678. The van der Waals surface area contributed by atoms with Gasteiger partial charge in [-0.15, -0.1) is 0 Å². The van der Waals surface area contributed by atoms with Crippen molar-refractivity contribution in [1.29, 1.82) is 0 Å². The van der Waals surface area contributed by atoms with Gasteiger partial charge >= 0.3 is 0 Å². The van der Waals surface area contributed by atoms with Gasteiger partial charge in [0.2, 0.25) is 10.0 Å². The number of amides is 1. The van der Waals surface area contributed by atoms with E-state index in [4.69, 9.17) is 0 Å². The summed E-state index contributed by atoms with van der Waals surface area (Å²) in [7, 11) is -3.86. The molecule has 0 aliphatic rings. The number of hydrazone groups is 1. The van der Waals surface area contributed by atoms with Crippen LogP contribution in [0, 0.1) is 10.1 Å². The summed E-state index contributed by atoms with van der Waals surface area (Å²) in [5, 5.41) is 15.0. The van der Waals surface area contributed by atoms with Crippen LogP contribution < -0.4 is 9.73 Å². The first-order valence-corrected chi connectivity index (χ1v) is 11.3. The lowest BCUT2D eigenvalue weighted by Crippen LogP contribution is -2.39. The molecule has 10 heteroatoms. The lowest BCUT2D eigenvalue weighted by atomic mass is 9.86. The van der Waals surface area contributed by atoms with Gasteiger partial charge in [0.05, 0.1) is 22.6 Å². The number of anilines is 1. The molecule has 0 aliphatic carbocycles. The molecular weight excluding hydrogens is 420 g/mol. The molecule has 31 heavy (non-hydrogen) atoms. The Hall–Kier alpha value is -3.27. The minimum Gasteiger partial charge on any atom is -0.271 e. The van der Waals surface area contributed by atoms with Crippen LogP contribution in [0.15, 0.2) is 53.6 Å². The summed E-state index contributed by atoms with van der Waals surface area (Å²) in [6.07, 6.45) is 0.921. The zero-order chi connectivity index (χ0) is 23.4. The van der Waals surface area contributed by atoms with Gasteiger partial charge in [0.15, 0.2) is 0 Å². The van der Waals surface area contributed by atoms with Crippen LogP contribution in [0.1, 0.15) is 38.8 Å². The summed E-state index contributed by atoms with van der Waals surface area (Å²) in [5.41, 5.74) is 4.62. The molecule has 0 saturated heterocycles. The largest absolute Gasteiger partial charge is 0.271 e. The molecule has 0 spiro atoms. The maximum Gasteiger partial charge on any atom is 0.271 e. The van der Waals surface area contributed by atoms with Crippen molar-refractivity contribution in [2.24, 2.45) is 5.10 Å². The Bertz CT molecular complexity index is 1100. The number of carbonyl (C=O) groups is 1. The van der Waals surface area contributed by atoms with Crippen LogP contribution in [0.25, 0.3) is 0 Å². The summed E-state index contributed by atoms with van der Waals surface area (Å²) in [4.78, 5) is 22.7. The minimum absolute atomic E-state index is 0.0133. The van der Waals surface area contributed by atoms with E-state index in [1.807, 2.05) is 24.3 Å². The Morgan fingerprint density at radius 1 is 1.16 bits per heavy atom. The second kappa shape index (κ2) is 9.25. The SMILES string of the molecule is C/C(=N/NC(=O)CN(c1cccc([N+](=O)[O-])c1)S(C)(=O)=O)c1ccc(C(C)(C)C)cc1. The number of hydrogen-bond acceptors (Lipinski definition) is 6. The van der Waals surface area contributed by atoms with Crippen LogP contribution in [-0.4, -0.2) is 37.8 Å². The third kappa shape index (κ3) is 6.61. The maximum absolute atomic E-state index is 12.4. The first kappa shape index (κ1) is 24.0. The topological polar surface area (TPSA) is 122 Å². The fraction of sp³-hybridized carbons (Fsp3) is 0.333. The van der Waals surface area contributed by atoms with Crippen molar-refractivity contribution >= 4 is 33.0 Å². The van der Waals surface area contributed by atoms with Gasteiger partial charge in [-0.3, -0.25) is 19.2 Å². The fourth-order valence-corrected chi connectivity index (χ4v) is 3.60. The highest BCUT2D eigenvalue weighted by Crippen LogP contribution is 2.23. The highest BCUT2D eigenvalue weighted by molar-refractivity contribution is 7.92. The molecule has 1 N–H and O–H groups in total. The number of benzene rings is 2. The Kier molecular flexibility index (Phi) is 7.17. The summed E-state index contributed by atoms with van der Waals surface area (Å²) >= 11 is 0. The van der Waals surface area contributed by atoms with E-state index in [1.165, 1.54) is 18.2 Å². The van der Waals surface area contributed by atoms with Crippen LogP contribution in [0.2, 0.25) is 0 Å². The molecule has 166 valence electrons. The van der Waals surface area contributed by atoms with Crippen molar-refractivity contribution in [3.63, 3.8) is 0 Å². The van der Waals surface area contributed by atoms with Crippen molar-refractivity contribution in [1.82, 2.24) is 5.43 Å². The van der Waals surface area contributed by atoms with Gasteiger partial charge in [-0.2, -0.15) is 5.10 Å². The molecule has 0 aromatic heterocycles. The van der Waals surface area contributed by atoms with Gasteiger partial charge in [-0.05, 0) is 29.5 Å². The summed E-state index contributed by atoms with van der Waals surface area (Å²) in [6.45, 7) is 7.48. The molecule has 2 rings (SSSR count). The zero-order valence-electron chi connectivity index (χ0n) is 18.1. The smallest absolute Gasteiger partial charge is 0.271 e. The van der Waals surface area contributed by atoms with Gasteiger partial charge in [-0.25, -0.2) is 13.8 Å². The molecule has 2 aromatic carbocycles. The monoisotopic (exact) mass is 446 g/mol. The average molecular weight is 447 g/mol. The predicted molar refractivity (Wildman–Crippen MR) is 121 cm³/mol. The first-order valence-electron chi connectivity index (χ1n) is 9.45. The standard InChI is InChI=1S/C21H26N4O5S/c1-15(16-9-11-17(12-10-16)21(2,3)4)22-23-20(26)14-24(31(5,29)30)18-7-6-8-19(13-18)25(27)28/h6-13H,14H2,1-5H3,(H,23,26)/b22-15-. The van der Waals surface area contributed by atoms with Crippen molar-refractivity contribution in [2.45, 2.75) is 33.1 Å². The molecule has 0 bridgehead atoms. The van der Waals surface area contributed by atoms with Crippen LogP contribution in [0.4, 0.5) is 11.4 Å². The Morgan fingerprint density at radius 2 is 1.77 bits per heavy atom. The van der Waals surface area contributed by atoms with E-state index < -0.39 is 27.4 Å². The van der Waals surface area contributed by atoms with Crippen molar-refractivity contribution in [2.75, 3.05) is 17.1 Å². The first-order chi connectivity index (χ1) is 14.3. The summed E-state index contributed by atoms with van der Waals surface area (Å²) < 4.78 is 25.1. The van der Waals surface area contributed by atoms with Crippen LogP contribution in [-0.2, 0) is 20.2 Å². The third-order valence-corrected chi connectivity index (χ3v) is 5.67. The second-order valence-electron chi connectivity index (χ2n) is 8.11. The number of nitrogens with zero attached hydrogens (tertiary/aromatic N) is 3. The molecular formula is C21H26N4O5S. The molecule has 2 aromatic rings.